The lowest BCUT2D eigenvalue weighted by Gasteiger charge is -2.01. The topological polar surface area (TPSA) is 77.2 Å². The van der Waals surface area contributed by atoms with Crippen molar-refractivity contribution in [1.82, 2.24) is 15.5 Å². The first kappa shape index (κ1) is 14.8. The fourth-order valence-corrected chi connectivity index (χ4v) is 2.09. The highest BCUT2D eigenvalue weighted by Gasteiger charge is 2.10. The lowest BCUT2D eigenvalue weighted by molar-refractivity contribution is 0.0947. The van der Waals surface area contributed by atoms with E-state index in [1.807, 2.05) is 24.3 Å². The maximum atomic E-state index is 12.0. The predicted molar refractivity (Wildman–Crippen MR) is 83.9 cm³/mol. The van der Waals surface area contributed by atoms with Gasteiger partial charge in [-0.2, -0.15) is 0 Å². The van der Waals surface area contributed by atoms with Gasteiger partial charge in [0.1, 0.15) is 11.4 Å². The van der Waals surface area contributed by atoms with Crippen molar-refractivity contribution >= 4 is 5.91 Å². The van der Waals surface area contributed by atoms with Crippen LogP contribution in [0.1, 0.15) is 16.1 Å². The van der Waals surface area contributed by atoms with E-state index in [1.165, 1.54) is 0 Å². The van der Waals surface area contributed by atoms with Gasteiger partial charge in [-0.3, -0.25) is 9.78 Å². The van der Waals surface area contributed by atoms with Gasteiger partial charge in [-0.05, 0) is 24.3 Å². The Hall–Kier alpha value is -3.15. The van der Waals surface area contributed by atoms with E-state index in [4.69, 9.17) is 9.26 Å². The molecule has 0 aliphatic rings. The molecule has 116 valence electrons. The Balaban J connectivity index is 1.66. The molecule has 6 heteroatoms. The van der Waals surface area contributed by atoms with Gasteiger partial charge < -0.3 is 14.6 Å². The molecule has 6 nitrogen and oxygen atoms in total. The van der Waals surface area contributed by atoms with Crippen LogP contribution in [0.5, 0.6) is 5.75 Å². The number of benzene rings is 1. The van der Waals surface area contributed by atoms with Crippen molar-refractivity contribution < 1.29 is 14.1 Å². The van der Waals surface area contributed by atoms with E-state index >= 15 is 0 Å². The van der Waals surface area contributed by atoms with Gasteiger partial charge in [0.25, 0.3) is 5.91 Å². The molecule has 2 heterocycles. The molecule has 23 heavy (non-hydrogen) atoms. The van der Waals surface area contributed by atoms with Gasteiger partial charge in [0.15, 0.2) is 5.76 Å². The van der Waals surface area contributed by atoms with Crippen molar-refractivity contribution in [3.63, 3.8) is 0 Å². The van der Waals surface area contributed by atoms with E-state index in [-0.39, 0.29) is 12.5 Å². The zero-order chi connectivity index (χ0) is 16.1. The second-order valence-electron chi connectivity index (χ2n) is 4.83. The van der Waals surface area contributed by atoms with Gasteiger partial charge in [-0.1, -0.05) is 17.3 Å². The quantitative estimate of drug-likeness (QED) is 0.784. The summed E-state index contributed by atoms with van der Waals surface area (Å²) in [6, 6.07) is 12.6. The summed E-state index contributed by atoms with van der Waals surface area (Å²) in [6.45, 7) is 0.262. The first-order chi connectivity index (χ1) is 11.3. The summed E-state index contributed by atoms with van der Waals surface area (Å²) in [4.78, 5) is 15.8. The first-order valence-corrected chi connectivity index (χ1v) is 7.04. The van der Waals surface area contributed by atoms with Crippen molar-refractivity contribution in [2.24, 2.45) is 0 Å². The van der Waals surface area contributed by atoms with Gasteiger partial charge in [0.2, 0.25) is 0 Å². The van der Waals surface area contributed by atoms with E-state index in [9.17, 15) is 4.79 Å². The zero-order valence-corrected chi connectivity index (χ0v) is 12.5. The minimum Gasteiger partial charge on any atom is -0.497 e. The summed E-state index contributed by atoms with van der Waals surface area (Å²) >= 11 is 0. The third kappa shape index (κ3) is 3.55. The van der Waals surface area contributed by atoms with E-state index in [0.29, 0.717) is 17.0 Å². The van der Waals surface area contributed by atoms with Gasteiger partial charge >= 0.3 is 0 Å². The second kappa shape index (κ2) is 6.74. The highest BCUT2D eigenvalue weighted by molar-refractivity contribution is 5.93. The Labute approximate surface area is 133 Å². The number of nitrogens with one attached hydrogen (secondary N) is 1. The lowest BCUT2D eigenvalue weighted by atomic mass is 10.1. The van der Waals surface area contributed by atoms with E-state index in [2.05, 4.69) is 15.5 Å². The fraction of sp³-hybridized carbons (Fsp3) is 0.118. The molecule has 0 fully saturated rings. The predicted octanol–water partition coefficient (Wildman–Crippen LogP) is 2.68. The molecule has 0 atom stereocenters. The van der Waals surface area contributed by atoms with Crippen LogP contribution in [0.25, 0.3) is 11.3 Å². The molecule has 0 unspecified atom stereocenters. The van der Waals surface area contributed by atoms with Crippen LogP contribution in [-0.2, 0) is 6.54 Å². The molecule has 0 bridgehead atoms. The van der Waals surface area contributed by atoms with Crippen LogP contribution in [0.2, 0.25) is 0 Å². The molecule has 3 aromatic rings. The number of aromatic nitrogens is 2. The Bertz CT molecular complexity index is 800. The number of carbonyl (C=O) groups excluding carboxylic acids is 1. The molecule has 0 spiro atoms. The molecule has 0 radical (unpaired) electrons. The van der Waals surface area contributed by atoms with Gasteiger partial charge in [0.05, 0.1) is 13.7 Å². The van der Waals surface area contributed by atoms with Crippen LogP contribution in [-0.4, -0.2) is 23.2 Å². The SMILES string of the molecule is COc1cccc(-c2cc(CNC(=O)c3ccncc3)on2)c1. The Morgan fingerprint density at radius 3 is 2.83 bits per heavy atom. The van der Waals surface area contributed by atoms with Crippen LogP contribution in [0, 0.1) is 0 Å². The number of ether oxygens (including phenoxy) is 1. The Kier molecular flexibility index (Phi) is 4.33. The monoisotopic (exact) mass is 309 g/mol. The fourth-order valence-electron chi connectivity index (χ4n) is 2.09. The van der Waals surface area contributed by atoms with Crippen LogP contribution < -0.4 is 10.1 Å². The van der Waals surface area contributed by atoms with Crippen molar-refractivity contribution in [3.05, 3.63) is 66.2 Å². The molecule has 0 saturated heterocycles. The summed E-state index contributed by atoms with van der Waals surface area (Å²) in [5.74, 6) is 1.13. The second-order valence-corrected chi connectivity index (χ2v) is 4.83. The van der Waals surface area contributed by atoms with Crippen molar-refractivity contribution in [2.75, 3.05) is 7.11 Å². The van der Waals surface area contributed by atoms with Crippen molar-refractivity contribution in [3.8, 4) is 17.0 Å². The van der Waals surface area contributed by atoms with Gasteiger partial charge in [-0.15, -0.1) is 0 Å². The average Bonchev–Trinajstić information content (AvgIpc) is 3.09. The largest absolute Gasteiger partial charge is 0.497 e. The molecule has 1 amide bonds. The van der Waals surface area contributed by atoms with Crippen molar-refractivity contribution in [2.45, 2.75) is 6.54 Å². The lowest BCUT2D eigenvalue weighted by Crippen LogP contribution is -2.22. The number of rotatable bonds is 5. The smallest absolute Gasteiger partial charge is 0.251 e. The zero-order valence-electron chi connectivity index (χ0n) is 12.5. The molecular weight excluding hydrogens is 294 g/mol. The first-order valence-electron chi connectivity index (χ1n) is 7.04. The summed E-state index contributed by atoms with van der Waals surface area (Å²) < 4.78 is 10.5. The average molecular weight is 309 g/mol. The third-order valence-corrected chi connectivity index (χ3v) is 3.29. The standard InChI is InChI=1S/C17H15N3O3/c1-22-14-4-2-3-13(9-14)16-10-15(23-20-16)11-19-17(21)12-5-7-18-8-6-12/h2-10H,11H2,1H3,(H,19,21). The Morgan fingerprint density at radius 1 is 1.22 bits per heavy atom. The number of hydrogen-bond donors (Lipinski definition) is 1. The number of amides is 1. The minimum absolute atomic E-state index is 0.188. The van der Waals surface area contributed by atoms with E-state index < -0.39 is 0 Å². The van der Waals surface area contributed by atoms with E-state index in [0.717, 1.165) is 11.3 Å². The number of nitrogens with zero attached hydrogens (tertiary/aromatic N) is 2. The molecule has 1 N–H and O–H groups in total. The van der Waals surface area contributed by atoms with Crippen LogP contribution in [0.4, 0.5) is 0 Å². The molecule has 0 saturated carbocycles. The van der Waals surface area contributed by atoms with E-state index in [1.54, 1.807) is 37.7 Å². The normalized spacial score (nSPS) is 10.3. The number of hydrogen-bond acceptors (Lipinski definition) is 5. The highest BCUT2D eigenvalue weighted by Crippen LogP contribution is 2.23. The molecule has 1 aromatic carbocycles. The highest BCUT2D eigenvalue weighted by atomic mass is 16.5. The van der Waals surface area contributed by atoms with Crippen LogP contribution >= 0.6 is 0 Å². The maximum absolute atomic E-state index is 12.0. The minimum atomic E-state index is -0.188. The molecule has 0 aliphatic heterocycles. The number of pyridine rings is 1. The van der Waals surface area contributed by atoms with Crippen LogP contribution in [0.15, 0.2) is 59.4 Å². The van der Waals surface area contributed by atoms with Crippen molar-refractivity contribution in [1.29, 1.82) is 0 Å². The maximum Gasteiger partial charge on any atom is 0.251 e. The molecule has 2 aromatic heterocycles. The third-order valence-electron chi connectivity index (χ3n) is 3.29. The summed E-state index contributed by atoms with van der Waals surface area (Å²) in [5, 5.41) is 6.80. The summed E-state index contributed by atoms with van der Waals surface area (Å²) in [5.41, 5.74) is 2.13. The molecular formula is C17H15N3O3. The molecule has 0 aliphatic carbocycles. The Morgan fingerprint density at radius 2 is 2.04 bits per heavy atom. The summed E-state index contributed by atoms with van der Waals surface area (Å²) in [6.07, 6.45) is 3.15. The van der Waals surface area contributed by atoms with Gasteiger partial charge in [-0.25, -0.2) is 0 Å². The summed E-state index contributed by atoms with van der Waals surface area (Å²) in [7, 11) is 1.61. The van der Waals surface area contributed by atoms with Crippen LogP contribution in [0.3, 0.4) is 0 Å². The number of carbonyl (C=O) groups is 1. The van der Waals surface area contributed by atoms with Gasteiger partial charge in [0, 0.05) is 29.6 Å². The number of methoxy groups -OCH3 is 1. The molecule has 3 rings (SSSR count).